The van der Waals surface area contributed by atoms with Gasteiger partial charge in [0.2, 0.25) is 5.95 Å². The van der Waals surface area contributed by atoms with E-state index in [1.165, 1.54) is 0 Å². The van der Waals surface area contributed by atoms with Crippen molar-refractivity contribution in [2.24, 2.45) is 0 Å². The van der Waals surface area contributed by atoms with E-state index >= 15 is 0 Å². The molecule has 0 fully saturated rings. The average molecular weight is 345 g/mol. The maximum atomic E-state index is 5.96. The van der Waals surface area contributed by atoms with Gasteiger partial charge in [-0.05, 0) is 41.1 Å². The molecule has 0 atom stereocenters. The molecule has 0 aliphatic heterocycles. The van der Waals surface area contributed by atoms with Gasteiger partial charge in [-0.25, -0.2) is 9.97 Å². The summed E-state index contributed by atoms with van der Waals surface area (Å²) in [6.45, 7) is 2.80. The molecule has 0 aliphatic rings. The summed E-state index contributed by atoms with van der Waals surface area (Å²) in [7, 11) is 0. The van der Waals surface area contributed by atoms with Crippen LogP contribution in [-0.2, 0) is 0 Å². The highest BCUT2D eigenvalue weighted by molar-refractivity contribution is 9.10. The summed E-state index contributed by atoms with van der Waals surface area (Å²) in [5, 5.41) is 4.67. The first-order chi connectivity index (χ1) is 8.69. The molecule has 18 heavy (non-hydrogen) atoms. The summed E-state index contributed by atoms with van der Waals surface area (Å²) in [6, 6.07) is 7.68. The topological polar surface area (TPSA) is 37.8 Å². The van der Waals surface area contributed by atoms with Crippen molar-refractivity contribution in [1.29, 1.82) is 0 Å². The largest absolute Gasteiger partial charge is 0.354 e. The molecule has 0 amide bonds. The van der Waals surface area contributed by atoms with Crippen LogP contribution in [-0.4, -0.2) is 16.5 Å². The Morgan fingerprint density at radius 1 is 1.44 bits per heavy atom. The van der Waals surface area contributed by atoms with Crippen LogP contribution in [0, 0.1) is 0 Å². The number of rotatable bonds is 4. The summed E-state index contributed by atoms with van der Waals surface area (Å²) in [4.78, 5) is 9.66. The van der Waals surface area contributed by atoms with Gasteiger partial charge in [-0.2, -0.15) is 0 Å². The third kappa shape index (κ3) is 3.60. The number of aromatic nitrogens is 2. The van der Waals surface area contributed by atoms with Gasteiger partial charge in [0.15, 0.2) is 0 Å². The third-order valence-corrected chi connectivity index (χ3v) is 4.13. The molecular weight excluding hydrogens is 334 g/mol. The molecule has 0 saturated carbocycles. The molecular formula is C12H11BrClN3S. The first-order valence-corrected chi connectivity index (χ1v) is 7.37. The van der Waals surface area contributed by atoms with Crippen molar-refractivity contribution < 1.29 is 0 Å². The standard InChI is InChI=1S/C12H11BrClN3S/c1-2-15-12-16-7-10(13)11(17-12)18-9-5-3-4-8(14)6-9/h3-7H,2H2,1H3,(H,15,16,17). The van der Waals surface area contributed by atoms with Crippen molar-refractivity contribution in [3.63, 3.8) is 0 Å². The zero-order valence-corrected chi connectivity index (χ0v) is 12.8. The number of hydrogen-bond acceptors (Lipinski definition) is 4. The molecule has 2 rings (SSSR count). The summed E-state index contributed by atoms with van der Waals surface area (Å²) in [5.41, 5.74) is 0. The zero-order chi connectivity index (χ0) is 13.0. The number of benzene rings is 1. The lowest BCUT2D eigenvalue weighted by molar-refractivity contribution is 0.999. The molecule has 6 heteroatoms. The predicted molar refractivity (Wildman–Crippen MR) is 79.5 cm³/mol. The first kappa shape index (κ1) is 13.6. The van der Waals surface area contributed by atoms with Gasteiger partial charge in [0.05, 0.1) is 4.47 Å². The van der Waals surface area contributed by atoms with Crippen LogP contribution in [0.4, 0.5) is 5.95 Å². The van der Waals surface area contributed by atoms with Crippen LogP contribution in [0.15, 0.2) is 44.9 Å². The minimum Gasteiger partial charge on any atom is -0.354 e. The Kier molecular flexibility index (Phi) is 4.86. The van der Waals surface area contributed by atoms with Crippen molar-refractivity contribution in [2.45, 2.75) is 16.8 Å². The van der Waals surface area contributed by atoms with Gasteiger partial charge in [-0.1, -0.05) is 29.4 Å². The second kappa shape index (κ2) is 6.41. The lowest BCUT2D eigenvalue weighted by atomic mass is 10.4. The van der Waals surface area contributed by atoms with Crippen molar-refractivity contribution in [1.82, 2.24) is 9.97 Å². The second-order valence-electron chi connectivity index (χ2n) is 3.44. The average Bonchev–Trinajstić information content (AvgIpc) is 2.34. The highest BCUT2D eigenvalue weighted by atomic mass is 79.9. The van der Waals surface area contributed by atoms with Gasteiger partial charge in [-0.3, -0.25) is 0 Å². The van der Waals surface area contributed by atoms with Gasteiger partial charge in [0.25, 0.3) is 0 Å². The summed E-state index contributed by atoms with van der Waals surface area (Å²) >= 11 is 11.0. The van der Waals surface area contributed by atoms with Crippen LogP contribution in [0.1, 0.15) is 6.92 Å². The molecule has 2 aromatic rings. The van der Waals surface area contributed by atoms with Crippen molar-refractivity contribution >= 4 is 45.2 Å². The molecule has 1 N–H and O–H groups in total. The summed E-state index contributed by atoms with van der Waals surface area (Å²) in [5.74, 6) is 0.630. The fraction of sp³-hybridized carbons (Fsp3) is 0.167. The van der Waals surface area contributed by atoms with Gasteiger partial charge >= 0.3 is 0 Å². The number of nitrogens with one attached hydrogen (secondary N) is 1. The monoisotopic (exact) mass is 343 g/mol. The molecule has 0 radical (unpaired) electrons. The van der Waals surface area contributed by atoms with Crippen LogP contribution in [0.2, 0.25) is 5.02 Å². The minimum absolute atomic E-state index is 0.630. The molecule has 0 unspecified atom stereocenters. The Balaban J connectivity index is 2.25. The van der Waals surface area contributed by atoms with E-state index in [2.05, 4.69) is 31.2 Å². The maximum Gasteiger partial charge on any atom is 0.223 e. The van der Waals surface area contributed by atoms with Gasteiger partial charge in [-0.15, -0.1) is 0 Å². The molecule has 1 aromatic heterocycles. The van der Waals surface area contributed by atoms with Crippen LogP contribution in [0.3, 0.4) is 0 Å². The van der Waals surface area contributed by atoms with E-state index in [1.807, 2.05) is 31.2 Å². The number of nitrogens with zero attached hydrogens (tertiary/aromatic N) is 2. The van der Waals surface area contributed by atoms with Crippen LogP contribution in [0.5, 0.6) is 0 Å². The Hall–Kier alpha value is -0.780. The fourth-order valence-corrected chi connectivity index (χ4v) is 2.84. The smallest absolute Gasteiger partial charge is 0.223 e. The van der Waals surface area contributed by atoms with Crippen molar-refractivity contribution in [2.75, 3.05) is 11.9 Å². The van der Waals surface area contributed by atoms with Crippen LogP contribution in [0.25, 0.3) is 0 Å². The third-order valence-electron chi connectivity index (χ3n) is 2.06. The molecule has 1 aromatic carbocycles. The van der Waals surface area contributed by atoms with Gasteiger partial charge < -0.3 is 5.32 Å². The summed E-state index contributed by atoms with van der Waals surface area (Å²) in [6.07, 6.45) is 1.75. The highest BCUT2D eigenvalue weighted by Gasteiger charge is 2.07. The molecule has 94 valence electrons. The van der Waals surface area contributed by atoms with E-state index in [9.17, 15) is 0 Å². The predicted octanol–water partition coefficient (Wildman–Crippen LogP) is 4.48. The number of anilines is 1. The first-order valence-electron chi connectivity index (χ1n) is 5.39. The Bertz CT molecular complexity index is 551. The fourth-order valence-electron chi connectivity index (χ4n) is 1.31. The van der Waals surface area contributed by atoms with E-state index in [4.69, 9.17) is 11.6 Å². The summed E-state index contributed by atoms with van der Waals surface area (Å²) < 4.78 is 0.870. The number of halogens is 2. The molecule has 0 bridgehead atoms. The highest BCUT2D eigenvalue weighted by Crippen LogP contribution is 2.33. The number of hydrogen-bond donors (Lipinski definition) is 1. The molecule has 0 spiro atoms. The minimum atomic E-state index is 0.630. The molecule has 3 nitrogen and oxygen atoms in total. The Morgan fingerprint density at radius 3 is 3.00 bits per heavy atom. The quantitative estimate of drug-likeness (QED) is 0.830. The van der Waals surface area contributed by atoms with E-state index in [1.54, 1.807) is 18.0 Å². The van der Waals surface area contributed by atoms with Crippen molar-refractivity contribution in [3.8, 4) is 0 Å². The lowest BCUT2D eigenvalue weighted by Crippen LogP contribution is -2.02. The zero-order valence-electron chi connectivity index (χ0n) is 9.65. The normalized spacial score (nSPS) is 10.4. The molecule has 0 saturated heterocycles. The second-order valence-corrected chi connectivity index (χ2v) is 5.79. The van der Waals surface area contributed by atoms with Crippen LogP contribution >= 0.6 is 39.3 Å². The van der Waals surface area contributed by atoms with E-state index < -0.39 is 0 Å². The van der Waals surface area contributed by atoms with Crippen LogP contribution < -0.4 is 5.32 Å². The van der Waals surface area contributed by atoms with Gasteiger partial charge in [0, 0.05) is 22.7 Å². The lowest BCUT2D eigenvalue weighted by Gasteiger charge is -2.06. The van der Waals surface area contributed by atoms with E-state index in [-0.39, 0.29) is 0 Å². The SMILES string of the molecule is CCNc1ncc(Br)c(Sc2cccc(Cl)c2)n1. The molecule has 1 heterocycles. The Morgan fingerprint density at radius 2 is 2.28 bits per heavy atom. The van der Waals surface area contributed by atoms with Gasteiger partial charge in [0.1, 0.15) is 5.03 Å². The Labute approximate surface area is 124 Å². The van der Waals surface area contributed by atoms with Crippen molar-refractivity contribution in [3.05, 3.63) is 40.0 Å². The molecule has 0 aliphatic carbocycles. The van der Waals surface area contributed by atoms with E-state index in [0.29, 0.717) is 5.95 Å². The van der Waals surface area contributed by atoms with E-state index in [0.717, 1.165) is 26.0 Å². The maximum absolute atomic E-state index is 5.96.